The summed E-state index contributed by atoms with van der Waals surface area (Å²) in [6.45, 7) is 4.46. The van der Waals surface area contributed by atoms with Gasteiger partial charge in [-0.05, 0) is 44.2 Å². The Morgan fingerprint density at radius 2 is 2.00 bits per heavy atom. The van der Waals surface area contributed by atoms with Crippen LogP contribution in [0.3, 0.4) is 0 Å². The summed E-state index contributed by atoms with van der Waals surface area (Å²) in [5.74, 6) is 1.17. The van der Waals surface area contributed by atoms with Crippen LogP contribution in [0.25, 0.3) is 10.8 Å². The minimum absolute atomic E-state index is 0.684. The van der Waals surface area contributed by atoms with Gasteiger partial charge in [0.25, 0.3) is 0 Å². The average Bonchev–Trinajstić information content (AvgIpc) is 3.11. The number of aryl methyl sites for hydroxylation is 1. The summed E-state index contributed by atoms with van der Waals surface area (Å²) in [4.78, 5) is 7.16. The van der Waals surface area contributed by atoms with Crippen LogP contribution in [-0.4, -0.2) is 24.1 Å². The van der Waals surface area contributed by atoms with Crippen LogP contribution in [0, 0.1) is 6.92 Å². The lowest BCUT2D eigenvalue weighted by Crippen LogP contribution is -2.19. The molecule has 1 saturated heterocycles. The van der Waals surface area contributed by atoms with E-state index in [2.05, 4.69) is 35.3 Å². The minimum atomic E-state index is 0.684. The van der Waals surface area contributed by atoms with Gasteiger partial charge in [0.1, 0.15) is 5.82 Å². The van der Waals surface area contributed by atoms with Crippen molar-refractivity contribution in [3.63, 3.8) is 0 Å². The van der Waals surface area contributed by atoms with Gasteiger partial charge in [-0.25, -0.2) is 4.98 Å². The van der Waals surface area contributed by atoms with E-state index >= 15 is 0 Å². The summed E-state index contributed by atoms with van der Waals surface area (Å²) in [5, 5.41) is 6.33. The van der Waals surface area contributed by atoms with Gasteiger partial charge < -0.3 is 10.2 Å². The first-order chi connectivity index (χ1) is 9.83. The highest BCUT2D eigenvalue weighted by Gasteiger charge is 2.23. The third kappa shape index (κ3) is 2.01. The lowest BCUT2D eigenvalue weighted by molar-refractivity contribution is 0.944. The topological polar surface area (TPSA) is 28.2 Å². The van der Waals surface area contributed by atoms with Gasteiger partial charge in [-0.3, -0.25) is 0 Å². The van der Waals surface area contributed by atoms with Crippen LogP contribution in [0.1, 0.15) is 31.2 Å². The first kappa shape index (κ1) is 12.0. The molecule has 2 heterocycles. The number of rotatable bonds is 3. The number of pyridine rings is 1. The number of nitrogens with one attached hydrogen (secondary N) is 1. The highest BCUT2D eigenvalue weighted by atomic mass is 15.2. The Kier molecular flexibility index (Phi) is 2.79. The molecule has 1 aliphatic heterocycles. The van der Waals surface area contributed by atoms with Crippen LogP contribution in [-0.2, 0) is 0 Å². The van der Waals surface area contributed by atoms with Gasteiger partial charge in [0, 0.05) is 41.8 Å². The van der Waals surface area contributed by atoms with E-state index in [1.807, 2.05) is 6.20 Å². The predicted octanol–water partition coefficient (Wildman–Crippen LogP) is 3.72. The van der Waals surface area contributed by atoms with Gasteiger partial charge in [0.05, 0.1) is 0 Å². The Morgan fingerprint density at radius 1 is 1.20 bits per heavy atom. The third-order valence-corrected chi connectivity index (χ3v) is 4.42. The van der Waals surface area contributed by atoms with Gasteiger partial charge in [0.15, 0.2) is 0 Å². The van der Waals surface area contributed by atoms with Crippen LogP contribution in [0.15, 0.2) is 24.4 Å². The predicted molar refractivity (Wildman–Crippen MR) is 84.6 cm³/mol. The average molecular weight is 267 g/mol. The van der Waals surface area contributed by atoms with Crippen molar-refractivity contribution in [2.45, 2.75) is 38.6 Å². The molecule has 0 unspecified atom stereocenters. The molecule has 104 valence electrons. The molecule has 3 nitrogen and oxygen atoms in total. The second-order valence-corrected chi connectivity index (χ2v) is 6.11. The van der Waals surface area contributed by atoms with Crippen LogP contribution < -0.4 is 10.2 Å². The third-order valence-electron chi connectivity index (χ3n) is 4.42. The van der Waals surface area contributed by atoms with E-state index in [0.29, 0.717) is 6.04 Å². The number of aromatic nitrogens is 1. The monoisotopic (exact) mass is 267 g/mol. The Labute approximate surface area is 120 Å². The zero-order chi connectivity index (χ0) is 13.5. The Balaban J connectivity index is 1.86. The Hall–Kier alpha value is -1.77. The molecule has 1 aliphatic carbocycles. The second-order valence-electron chi connectivity index (χ2n) is 6.11. The number of fused-ring (bicyclic) bond motifs is 1. The van der Waals surface area contributed by atoms with Crippen LogP contribution >= 0.6 is 0 Å². The molecule has 4 rings (SSSR count). The molecular formula is C17H21N3. The molecular weight excluding hydrogens is 246 g/mol. The van der Waals surface area contributed by atoms with Crippen molar-refractivity contribution < 1.29 is 0 Å². The minimum Gasteiger partial charge on any atom is -0.382 e. The molecule has 0 spiro atoms. The quantitative estimate of drug-likeness (QED) is 0.918. The van der Waals surface area contributed by atoms with Crippen molar-refractivity contribution in [1.82, 2.24) is 4.98 Å². The van der Waals surface area contributed by atoms with Crippen LogP contribution in [0.2, 0.25) is 0 Å². The summed E-state index contributed by atoms with van der Waals surface area (Å²) in [7, 11) is 0. The zero-order valence-corrected chi connectivity index (χ0v) is 12.0. The molecule has 1 saturated carbocycles. The highest BCUT2D eigenvalue weighted by molar-refractivity contribution is 6.02. The molecule has 1 N–H and O–H groups in total. The van der Waals surface area contributed by atoms with Gasteiger partial charge in [-0.15, -0.1) is 0 Å². The molecule has 0 amide bonds. The molecule has 2 aromatic rings. The molecule has 1 aromatic heterocycles. The number of hydrogen-bond donors (Lipinski definition) is 1. The maximum atomic E-state index is 4.72. The molecule has 2 fully saturated rings. The molecule has 0 radical (unpaired) electrons. The number of hydrogen-bond acceptors (Lipinski definition) is 3. The smallest absolute Gasteiger partial charge is 0.136 e. The normalized spacial score (nSPS) is 18.8. The fourth-order valence-corrected chi connectivity index (χ4v) is 3.20. The van der Waals surface area contributed by atoms with Crippen molar-refractivity contribution in [2.24, 2.45) is 0 Å². The van der Waals surface area contributed by atoms with Gasteiger partial charge in [0.2, 0.25) is 0 Å². The van der Waals surface area contributed by atoms with Crippen molar-refractivity contribution in [2.75, 3.05) is 23.3 Å². The van der Waals surface area contributed by atoms with Gasteiger partial charge in [-0.1, -0.05) is 12.1 Å². The van der Waals surface area contributed by atoms with Crippen LogP contribution in [0.5, 0.6) is 0 Å². The van der Waals surface area contributed by atoms with Crippen molar-refractivity contribution in [1.29, 1.82) is 0 Å². The summed E-state index contributed by atoms with van der Waals surface area (Å²) in [6, 6.07) is 7.28. The van der Waals surface area contributed by atoms with E-state index in [1.165, 1.54) is 53.5 Å². The molecule has 2 aliphatic rings. The Morgan fingerprint density at radius 3 is 2.75 bits per heavy atom. The van der Waals surface area contributed by atoms with E-state index in [0.717, 1.165) is 13.1 Å². The fraction of sp³-hybridized carbons (Fsp3) is 0.471. The van der Waals surface area contributed by atoms with E-state index in [4.69, 9.17) is 4.98 Å². The van der Waals surface area contributed by atoms with E-state index in [1.54, 1.807) is 0 Å². The molecule has 0 atom stereocenters. The van der Waals surface area contributed by atoms with Crippen molar-refractivity contribution in [3.8, 4) is 0 Å². The van der Waals surface area contributed by atoms with Crippen LogP contribution in [0.4, 0.5) is 11.5 Å². The van der Waals surface area contributed by atoms with Gasteiger partial charge in [-0.2, -0.15) is 0 Å². The molecule has 0 bridgehead atoms. The maximum absolute atomic E-state index is 4.72. The fourth-order valence-electron chi connectivity index (χ4n) is 3.20. The van der Waals surface area contributed by atoms with Crippen molar-refractivity contribution in [3.05, 3.63) is 30.0 Å². The Bertz CT molecular complexity index is 640. The van der Waals surface area contributed by atoms with Gasteiger partial charge >= 0.3 is 0 Å². The first-order valence-electron chi connectivity index (χ1n) is 7.73. The molecule has 1 aromatic carbocycles. The standard InChI is InChI=1S/C17H21N3/c1-12-11-18-17(20-9-2-3-10-20)14-5-4-6-15(16(12)14)19-13-7-8-13/h4-6,11,13,19H,2-3,7-10H2,1H3. The van der Waals surface area contributed by atoms with E-state index in [-0.39, 0.29) is 0 Å². The maximum Gasteiger partial charge on any atom is 0.136 e. The largest absolute Gasteiger partial charge is 0.382 e. The first-order valence-corrected chi connectivity index (χ1v) is 7.73. The molecule has 3 heteroatoms. The van der Waals surface area contributed by atoms with E-state index < -0.39 is 0 Å². The summed E-state index contributed by atoms with van der Waals surface area (Å²) >= 11 is 0. The number of benzene rings is 1. The van der Waals surface area contributed by atoms with Crippen molar-refractivity contribution >= 4 is 22.3 Å². The lowest BCUT2D eigenvalue weighted by atomic mass is 10.1. The highest BCUT2D eigenvalue weighted by Crippen LogP contribution is 2.35. The van der Waals surface area contributed by atoms with E-state index in [9.17, 15) is 0 Å². The SMILES string of the molecule is Cc1cnc(N2CCCC2)c2cccc(NC3CC3)c12. The summed E-state index contributed by atoms with van der Waals surface area (Å²) in [5.41, 5.74) is 2.55. The summed E-state index contributed by atoms with van der Waals surface area (Å²) in [6.07, 6.45) is 7.22. The zero-order valence-electron chi connectivity index (χ0n) is 12.0. The summed E-state index contributed by atoms with van der Waals surface area (Å²) < 4.78 is 0. The lowest BCUT2D eigenvalue weighted by Gasteiger charge is -2.20. The number of anilines is 2. The second kappa shape index (κ2) is 4.65. The molecule has 20 heavy (non-hydrogen) atoms. The number of nitrogens with zero attached hydrogens (tertiary/aromatic N) is 2.